The molecule has 0 rings (SSSR count). The smallest absolute Gasteiger partial charge is 0.472 e. The molecule has 0 aliphatic rings. The van der Waals surface area contributed by atoms with Crippen LogP contribution in [-0.4, -0.2) is 187 Å². The fraction of sp³-hybridized carbons (Fsp3) is 0.865. The van der Waals surface area contributed by atoms with Gasteiger partial charge in [-0.25, -0.2) is 13.9 Å². The molecule has 0 bridgehead atoms. The van der Waals surface area contributed by atoms with Gasteiger partial charge in [-0.15, -0.1) is 0 Å². The van der Waals surface area contributed by atoms with Gasteiger partial charge in [0, 0.05) is 44.5 Å². The number of aliphatic carboxylic acids is 1. The molecule has 0 aromatic rings. The van der Waals surface area contributed by atoms with Crippen LogP contribution in [0.3, 0.4) is 0 Å². The van der Waals surface area contributed by atoms with E-state index in [1.807, 2.05) is 0 Å². The van der Waals surface area contributed by atoms with E-state index >= 15 is 0 Å². The molecule has 0 fully saturated rings. The summed E-state index contributed by atoms with van der Waals surface area (Å²) in [5.74, 6) is -3.49. The average Bonchev–Trinajstić information content (AvgIpc) is 3.22. The Balaban J connectivity index is 3.72. The zero-order chi connectivity index (χ0) is 48.1. The molecular weight excluding hydrogens is 898 g/mol. The van der Waals surface area contributed by atoms with Crippen LogP contribution in [0.25, 0.3) is 0 Å². The molecule has 0 saturated heterocycles. The maximum absolute atomic E-state index is 12.1. The number of amides is 4. The van der Waals surface area contributed by atoms with Gasteiger partial charge >= 0.3 is 21.6 Å². The number of nitrogens with one attached hydrogen (secondary N) is 4. The predicted molar refractivity (Wildman–Crippen MR) is 226 cm³/mol. The summed E-state index contributed by atoms with van der Waals surface area (Å²) in [6, 6.07) is -1.15. The molecule has 0 saturated carbocycles. The van der Waals surface area contributed by atoms with E-state index in [1.54, 1.807) is 27.7 Å². The van der Waals surface area contributed by atoms with E-state index in [2.05, 4.69) is 21.3 Å². The number of carboxylic acid groups (broad SMARTS) is 1. The zero-order valence-electron chi connectivity index (χ0n) is 37.4. The number of rotatable bonds is 44. The highest BCUT2D eigenvalue weighted by Crippen LogP contribution is 2.44. The largest absolute Gasteiger partial charge is 0.480 e. The second-order valence-electron chi connectivity index (χ2n) is 14.3. The third-order valence-electron chi connectivity index (χ3n) is 7.92. The van der Waals surface area contributed by atoms with E-state index < -0.39 is 45.6 Å². The van der Waals surface area contributed by atoms with Crippen molar-refractivity contribution >= 4 is 45.2 Å². The monoisotopic (exact) mass is 970 g/mol. The van der Waals surface area contributed by atoms with Crippen molar-refractivity contribution in [3.8, 4) is 0 Å². The number of unbranched alkanes of at least 4 members (excludes halogenated alkanes) is 1. The third-order valence-corrected chi connectivity index (χ3v) is 10.1. The van der Waals surface area contributed by atoms with E-state index in [1.165, 1.54) is 0 Å². The van der Waals surface area contributed by atoms with Crippen molar-refractivity contribution in [1.29, 1.82) is 0 Å². The van der Waals surface area contributed by atoms with Crippen molar-refractivity contribution in [2.75, 3.05) is 125 Å². The summed E-state index contributed by atoms with van der Waals surface area (Å²) in [6.45, 7) is 7.29. The Morgan fingerprint density at radius 3 is 1.53 bits per heavy atom. The molecule has 8 N–H and O–H groups in total. The molecule has 64 heavy (non-hydrogen) atoms. The number of carbonyl (C=O) groups is 5. The number of aliphatic hydroxyl groups is 1. The molecular formula is C37H72N4O21P2. The second-order valence-corrected chi connectivity index (χ2v) is 17.2. The molecule has 4 atom stereocenters. The van der Waals surface area contributed by atoms with E-state index in [9.17, 15) is 53.1 Å². The van der Waals surface area contributed by atoms with Crippen LogP contribution >= 0.6 is 15.6 Å². The van der Waals surface area contributed by atoms with Crippen molar-refractivity contribution in [1.82, 2.24) is 21.3 Å². The number of phosphoric ester groups is 2. The molecule has 0 spiro atoms. The number of carbonyl (C=O) groups excluding carboxylic acids is 4. The van der Waals surface area contributed by atoms with E-state index in [0.717, 1.165) is 0 Å². The van der Waals surface area contributed by atoms with Gasteiger partial charge in [0.25, 0.3) is 0 Å². The Morgan fingerprint density at radius 1 is 0.562 bits per heavy atom. The lowest BCUT2D eigenvalue weighted by Gasteiger charge is -2.17. The summed E-state index contributed by atoms with van der Waals surface area (Å²) >= 11 is 0. The molecule has 4 amide bonds. The van der Waals surface area contributed by atoms with Gasteiger partial charge in [0.15, 0.2) is 0 Å². The van der Waals surface area contributed by atoms with Crippen LogP contribution in [0.1, 0.15) is 59.8 Å². The van der Waals surface area contributed by atoms with Gasteiger partial charge in [-0.2, -0.15) is 0 Å². The molecule has 376 valence electrons. The number of carboxylic acids is 1. The molecule has 0 heterocycles. The number of aliphatic hydroxyl groups excluding tert-OH is 1. The van der Waals surface area contributed by atoms with Gasteiger partial charge in [0.05, 0.1) is 92.0 Å². The third kappa shape index (κ3) is 38.5. The lowest BCUT2D eigenvalue weighted by Crippen LogP contribution is -2.43. The first kappa shape index (κ1) is 61.3. The normalized spacial score (nSPS) is 14.4. The van der Waals surface area contributed by atoms with Gasteiger partial charge in [-0.1, -0.05) is 20.3 Å². The maximum atomic E-state index is 12.1. The summed E-state index contributed by atoms with van der Waals surface area (Å²) < 4.78 is 74.7. The molecule has 0 aromatic carbocycles. The van der Waals surface area contributed by atoms with E-state index in [4.69, 9.17) is 46.5 Å². The van der Waals surface area contributed by atoms with Gasteiger partial charge in [0.2, 0.25) is 23.6 Å². The van der Waals surface area contributed by atoms with Crippen LogP contribution < -0.4 is 21.3 Å². The van der Waals surface area contributed by atoms with Crippen molar-refractivity contribution in [3.63, 3.8) is 0 Å². The SMILES string of the molecule is CC(C)OP(=O)(O)OCCOCCOCCOP(=O)(O)OCC(CO)CCCCNC(=O)COCCOCCNC(=O)COCCOCCNC(=O)CC[C@@H](NC(=O)C(C)C)C(=O)O. The first-order valence-electron chi connectivity index (χ1n) is 21.1. The summed E-state index contributed by atoms with van der Waals surface area (Å²) in [6.07, 6.45) is 1.04. The highest BCUT2D eigenvalue weighted by molar-refractivity contribution is 7.47. The minimum atomic E-state index is -4.39. The molecule has 3 unspecified atom stereocenters. The van der Waals surface area contributed by atoms with Gasteiger partial charge in [-0.3, -0.25) is 37.3 Å². The average molecular weight is 971 g/mol. The minimum absolute atomic E-state index is 0.0247. The Kier molecular flexibility index (Phi) is 36.8. The Hall–Kier alpha value is -2.71. The lowest BCUT2D eigenvalue weighted by atomic mass is 10.0. The van der Waals surface area contributed by atoms with Crippen molar-refractivity contribution in [3.05, 3.63) is 0 Å². The van der Waals surface area contributed by atoms with Crippen molar-refractivity contribution in [2.24, 2.45) is 11.8 Å². The maximum Gasteiger partial charge on any atom is 0.472 e. The van der Waals surface area contributed by atoms with Crippen LogP contribution in [0, 0.1) is 11.8 Å². The zero-order valence-corrected chi connectivity index (χ0v) is 39.2. The number of ether oxygens (including phenoxy) is 6. The quantitative estimate of drug-likeness (QED) is 0.0292. The van der Waals surface area contributed by atoms with Crippen LogP contribution in [0.15, 0.2) is 0 Å². The van der Waals surface area contributed by atoms with Gasteiger partial charge in [0.1, 0.15) is 19.3 Å². The van der Waals surface area contributed by atoms with Crippen molar-refractivity contribution < 1.29 is 99.6 Å². The Morgan fingerprint density at radius 2 is 1.03 bits per heavy atom. The topological polar surface area (TPSA) is 341 Å². The number of phosphoric acid groups is 2. The van der Waals surface area contributed by atoms with Gasteiger partial charge < -0.3 is 69.7 Å². The fourth-order valence-corrected chi connectivity index (χ4v) is 6.33. The molecule has 27 heteroatoms. The Labute approximate surface area is 374 Å². The van der Waals surface area contributed by atoms with Crippen LogP contribution in [0.2, 0.25) is 0 Å². The lowest BCUT2D eigenvalue weighted by molar-refractivity contribution is -0.142. The van der Waals surface area contributed by atoms with Crippen LogP contribution in [0.5, 0.6) is 0 Å². The molecule has 25 nitrogen and oxygen atoms in total. The molecule has 0 aromatic heterocycles. The van der Waals surface area contributed by atoms with E-state index in [0.29, 0.717) is 25.8 Å². The predicted octanol–water partition coefficient (Wildman–Crippen LogP) is -0.105. The van der Waals surface area contributed by atoms with Crippen molar-refractivity contribution in [2.45, 2.75) is 71.9 Å². The van der Waals surface area contributed by atoms with E-state index in [-0.39, 0.29) is 155 Å². The summed E-state index contributed by atoms with van der Waals surface area (Å²) in [5.41, 5.74) is 0. The minimum Gasteiger partial charge on any atom is -0.480 e. The highest BCUT2D eigenvalue weighted by atomic mass is 31.2. The van der Waals surface area contributed by atoms with Crippen LogP contribution in [-0.2, 0) is 79.6 Å². The number of hydrogen-bond donors (Lipinski definition) is 8. The van der Waals surface area contributed by atoms with Gasteiger partial charge in [-0.05, 0) is 33.1 Å². The molecule has 0 aliphatic heterocycles. The first-order chi connectivity index (χ1) is 30.4. The molecule has 0 radical (unpaired) electrons. The fourth-order valence-electron chi connectivity index (χ4n) is 4.65. The first-order valence-corrected chi connectivity index (χ1v) is 24.0. The second kappa shape index (κ2) is 38.4. The highest BCUT2D eigenvalue weighted by Gasteiger charge is 2.24. The summed E-state index contributed by atoms with van der Waals surface area (Å²) in [5, 5.41) is 29.2. The number of hydrogen-bond acceptors (Lipinski definition) is 18. The summed E-state index contributed by atoms with van der Waals surface area (Å²) in [4.78, 5) is 78.2. The Bertz CT molecular complexity index is 1380. The summed E-state index contributed by atoms with van der Waals surface area (Å²) in [7, 11) is -8.51. The standard InChI is InChI=1S/C37H72N4O21P2/c1-29(2)36(46)41-32(37(47)48)8-9-33(43)39-11-13-53-17-20-58-28-35(45)40-12-14-54-18-19-57-27-34(44)38-10-6-5-7-31(25-42)26-61-63(49,50)59-23-21-55-15-16-56-22-24-60-64(51,52)62-30(3)4/h29-32,42H,5-28H2,1-4H3,(H,38,44)(H,39,43)(H,40,45)(H,41,46)(H,47,48)(H,49,50)(H,51,52)/t31?,32-/m1/s1. The van der Waals surface area contributed by atoms with Crippen LogP contribution in [0.4, 0.5) is 0 Å². The molecule has 0 aliphatic carbocycles.